The van der Waals surface area contributed by atoms with Crippen molar-refractivity contribution in [3.05, 3.63) is 45.9 Å². The molecule has 0 saturated carbocycles. The monoisotopic (exact) mass is 341 g/mol. The molecule has 0 fully saturated rings. The maximum Gasteiger partial charge on any atom is 0.153 e. The van der Waals surface area contributed by atoms with E-state index in [9.17, 15) is 8.42 Å². The van der Waals surface area contributed by atoms with Crippen molar-refractivity contribution in [2.24, 2.45) is 0 Å². The van der Waals surface area contributed by atoms with Crippen molar-refractivity contribution in [3.8, 4) is 0 Å². The molecule has 114 valence electrons. The Hall–Kier alpha value is -0.850. The van der Waals surface area contributed by atoms with Crippen LogP contribution in [-0.2, 0) is 21.3 Å². The number of sulfone groups is 1. The lowest BCUT2D eigenvalue weighted by Gasteiger charge is -2.06. The van der Waals surface area contributed by atoms with Crippen LogP contribution in [0.4, 0.5) is 0 Å². The van der Waals surface area contributed by atoms with Gasteiger partial charge < -0.3 is 0 Å². The number of hydrogen-bond acceptors (Lipinski definition) is 5. The first kappa shape index (κ1) is 16.5. The Kier molecular flexibility index (Phi) is 5.46. The van der Waals surface area contributed by atoms with E-state index in [0.717, 1.165) is 11.4 Å². The summed E-state index contributed by atoms with van der Waals surface area (Å²) in [5, 5.41) is 2.61. The van der Waals surface area contributed by atoms with E-state index < -0.39 is 9.84 Å². The molecule has 1 heterocycles. The molecule has 0 N–H and O–H groups in total. The van der Waals surface area contributed by atoms with Gasteiger partial charge in [0, 0.05) is 22.3 Å². The van der Waals surface area contributed by atoms with E-state index in [1.165, 1.54) is 28.1 Å². The molecule has 2 rings (SSSR count). The van der Waals surface area contributed by atoms with Gasteiger partial charge in [0.25, 0.3) is 0 Å². The van der Waals surface area contributed by atoms with Crippen LogP contribution in [0.5, 0.6) is 0 Å². The normalized spacial score (nSPS) is 12.0. The van der Waals surface area contributed by atoms with Gasteiger partial charge in [-0.1, -0.05) is 26.0 Å². The Morgan fingerprint density at radius 3 is 2.48 bits per heavy atom. The Bertz CT molecular complexity index is 688. The highest BCUT2D eigenvalue weighted by Gasteiger charge is 2.09. The number of nitrogens with zero attached hydrogens (tertiary/aromatic N) is 1. The van der Waals surface area contributed by atoms with Crippen molar-refractivity contribution < 1.29 is 8.42 Å². The number of aromatic nitrogens is 1. The third-order valence-electron chi connectivity index (χ3n) is 2.92. The third kappa shape index (κ3) is 5.45. The molecule has 3 nitrogen and oxygen atoms in total. The molecule has 2 aromatic rings. The Morgan fingerprint density at radius 1 is 1.24 bits per heavy atom. The zero-order chi connectivity index (χ0) is 15.5. The summed E-state index contributed by atoms with van der Waals surface area (Å²) in [5.41, 5.74) is 2.28. The van der Waals surface area contributed by atoms with E-state index in [0.29, 0.717) is 10.9 Å². The second kappa shape index (κ2) is 6.94. The van der Waals surface area contributed by atoms with Crippen LogP contribution in [0.25, 0.3) is 0 Å². The van der Waals surface area contributed by atoms with Gasteiger partial charge in [0.15, 0.2) is 9.84 Å². The van der Waals surface area contributed by atoms with Crippen LogP contribution >= 0.6 is 23.1 Å². The molecule has 0 amide bonds. The molecule has 0 radical (unpaired) electrons. The summed E-state index contributed by atoms with van der Waals surface area (Å²) in [6, 6.07) is 8.57. The van der Waals surface area contributed by atoms with Crippen molar-refractivity contribution in [3.63, 3.8) is 0 Å². The van der Waals surface area contributed by atoms with Crippen LogP contribution in [0.1, 0.15) is 36.0 Å². The maximum absolute atomic E-state index is 11.2. The van der Waals surface area contributed by atoms with E-state index in [4.69, 9.17) is 0 Å². The fraction of sp³-hybridized carbons (Fsp3) is 0.400. The molecule has 21 heavy (non-hydrogen) atoms. The zero-order valence-corrected chi connectivity index (χ0v) is 14.8. The maximum atomic E-state index is 11.2. The van der Waals surface area contributed by atoms with Crippen molar-refractivity contribution >= 4 is 32.9 Å². The van der Waals surface area contributed by atoms with Crippen molar-refractivity contribution in [2.75, 3.05) is 6.26 Å². The highest BCUT2D eigenvalue weighted by molar-refractivity contribution is 7.98. The van der Waals surface area contributed by atoms with Crippen molar-refractivity contribution in [1.82, 2.24) is 4.98 Å². The van der Waals surface area contributed by atoms with Gasteiger partial charge in [-0.25, -0.2) is 13.4 Å². The molecule has 0 aliphatic rings. The van der Waals surface area contributed by atoms with Gasteiger partial charge in [-0.05, 0) is 23.6 Å². The van der Waals surface area contributed by atoms with E-state index in [-0.39, 0.29) is 5.75 Å². The Labute approximate surface area is 134 Å². The summed E-state index contributed by atoms with van der Waals surface area (Å²) >= 11 is 3.13. The van der Waals surface area contributed by atoms with Crippen molar-refractivity contribution in [2.45, 2.75) is 36.2 Å². The second-order valence-electron chi connectivity index (χ2n) is 5.32. The third-order valence-corrected chi connectivity index (χ3v) is 5.84. The van der Waals surface area contributed by atoms with Crippen LogP contribution < -0.4 is 0 Å². The largest absolute Gasteiger partial charge is 0.244 e. The Balaban J connectivity index is 1.94. The molecule has 1 aromatic carbocycles. The summed E-state index contributed by atoms with van der Waals surface area (Å²) in [7, 11) is -3.00. The van der Waals surface area contributed by atoms with Crippen LogP contribution in [-0.4, -0.2) is 19.7 Å². The first-order valence-electron chi connectivity index (χ1n) is 6.67. The minimum atomic E-state index is -3.00. The molecular weight excluding hydrogens is 322 g/mol. The molecule has 0 aliphatic heterocycles. The molecule has 0 aliphatic carbocycles. The van der Waals surface area contributed by atoms with E-state index in [1.807, 2.05) is 5.38 Å². The molecule has 0 spiro atoms. The fourth-order valence-electron chi connectivity index (χ4n) is 1.81. The molecule has 0 atom stereocenters. The highest BCUT2D eigenvalue weighted by Crippen LogP contribution is 2.25. The quantitative estimate of drug-likeness (QED) is 0.742. The lowest BCUT2D eigenvalue weighted by Crippen LogP contribution is -2.00. The topological polar surface area (TPSA) is 47.0 Å². The van der Waals surface area contributed by atoms with Gasteiger partial charge in [-0.3, -0.25) is 0 Å². The summed E-state index contributed by atoms with van der Waals surface area (Å²) in [4.78, 5) is 5.58. The SMILES string of the molecule is CC(C)c1ccc(SCc2csc(CS(C)(=O)=O)n2)cc1. The molecule has 0 saturated heterocycles. The van der Waals surface area contributed by atoms with Crippen LogP contribution in [0.3, 0.4) is 0 Å². The average molecular weight is 342 g/mol. The van der Waals surface area contributed by atoms with Crippen LogP contribution in [0.2, 0.25) is 0 Å². The number of benzene rings is 1. The van der Waals surface area contributed by atoms with Crippen LogP contribution in [0.15, 0.2) is 34.5 Å². The predicted octanol–water partition coefficient (Wildman–Crippen LogP) is 4.10. The molecular formula is C15H19NO2S3. The summed E-state index contributed by atoms with van der Waals surface area (Å²) in [6.45, 7) is 4.36. The van der Waals surface area contributed by atoms with Crippen LogP contribution in [0, 0.1) is 0 Å². The predicted molar refractivity (Wildman–Crippen MR) is 90.8 cm³/mol. The van der Waals surface area contributed by atoms with Crippen molar-refractivity contribution in [1.29, 1.82) is 0 Å². The number of rotatable bonds is 6. The first-order chi connectivity index (χ1) is 9.83. The smallest absolute Gasteiger partial charge is 0.153 e. The van der Waals surface area contributed by atoms with Gasteiger partial charge in [0.2, 0.25) is 0 Å². The summed E-state index contributed by atoms with van der Waals surface area (Å²) in [5.74, 6) is 1.34. The van der Waals surface area contributed by atoms with Gasteiger partial charge in [0.05, 0.1) is 5.69 Å². The fourth-order valence-corrected chi connectivity index (χ4v) is 4.71. The van der Waals surface area contributed by atoms with E-state index in [2.05, 4.69) is 43.1 Å². The minimum Gasteiger partial charge on any atom is -0.244 e. The molecule has 0 unspecified atom stereocenters. The van der Waals surface area contributed by atoms with Gasteiger partial charge in [0.1, 0.15) is 10.8 Å². The van der Waals surface area contributed by atoms with Gasteiger partial charge >= 0.3 is 0 Å². The minimum absolute atomic E-state index is 0.0332. The second-order valence-corrected chi connectivity index (χ2v) is 9.45. The lowest BCUT2D eigenvalue weighted by molar-refractivity contribution is 0.601. The summed E-state index contributed by atoms with van der Waals surface area (Å²) < 4.78 is 22.5. The lowest BCUT2D eigenvalue weighted by atomic mass is 10.0. The zero-order valence-electron chi connectivity index (χ0n) is 12.4. The molecule has 6 heteroatoms. The number of thioether (sulfide) groups is 1. The van der Waals surface area contributed by atoms with E-state index in [1.54, 1.807) is 11.8 Å². The molecule has 1 aromatic heterocycles. The molecule has 0 bridgehead atoms. The highest BCUT2D eigenvalue weighted by atomic mass is 32.2. The van der Waals surface area contributed by atoms with E-state index >= 15 is 0 Å². The first-order valence-corrected chi connectivity index (χ1v) is 10.6. The number of hydrogen-bond donors (Lipinski definition) is 0. The Morgan fingerprint density at radius 2 is 1.90 bits per heavy atom. The number of thiazole rings is 1. The average Bonchev–Trinajstić information content (AvgIpc) is 2.82. The van der Waals surface area contributed by atoms with Gasteiger partial charge in [-0.15, -0.1) is 23.1 Å². The van der Waals surface area contributed by atoms with Gasteiger partial charge in [-0.2, -0.15) is 0 Å². The summed E-state index contributed by atoms with van der Waals surface area (Å²) in [6.07, 6.45) is 1.24. The standard InChI is InChI=1S/C15H19NO2S3/c1-11(2)12-4-6-14(7-5-12)19-8-13-9-20-15(16-13)10-21(3,17)18/h4-7,9,11H,8,10H2,1-3H3.